The molecule has 1 fully saturated rings. The van der Waals surface area contributed by atoms with E-state index >= 15 is 0 Å². The molecule has 1 saturated carbocycles. The van der Waals surface area contributed by atoms with Gasteiger partial charge >= 0.3 is 0 Å². The van der Waals surface area contributed by atoms with Gasteiger partial charge in [0.15, 0.2) is 0 Å². The zero-order chi connectivity index (χ0) is 22.7. The largest absolute Gasteiger partial charge is 0.431 e. The van der Waals surface area contributed by atoms with Crippen LogP contribution in [-0.2, 0) is 0 Å². The molecule has 2 heterocycles. The van der Waals surface area contributed by atoms with Crippen LogP contribution in [0.1, 0.15) is 67.5 Å². The minimum atomic E-state index is -0.250. The van der Waals surface area contributed by atoms with Gasteiger partial charge in [0, 0.05) is 23.2 Å². The quantitative estimate of drug-likeness (QED) is 0.467. The van der Waals surface area contributed by atoms with Crippen molar-refractivity contribution < 1.29 is 14.0 Å². The van der Waals surface area contributed by atoms with Gasteiger partial charge in [-0.05, 0) is 56.7 Å². The molecule has 1 atom stereocenters. The standard InChI is InChI=1S/C24H29N5O3/c1-4-18(5-2)27-22(30)20-12-19(28-29-20)16-7-6-8-17(11-16)24-25-13-21(32-24)23(31)26-14(3)15-9-10-15/h6-8,11-15,18H,4-5,9-10H2,1-3H3,(H,26,31)(H,27,30)(H,28,29). The first-order valence-corrected chi connectivity index (χ1v) is 11.2. The van der Waals surface area contributed by atoms with Crippen LogP contribution >= 0.6 is 0 Å². The minimum Gasteiger partial charge on any atom is -0.431 e. The molecular weight excluding hydrogens is 406 g/mol. The summed E-state index contributed by atoms with van der Waals surface area (Å²) < 4.78 is 5.72. The van der Waals surface area contributed by atoms with Crippen LogP contribution < -0.4 is 10.6 Å². The lowest BCUT2D eigenvalue weighted by atomic mass is 10.1. The fraction of sp³-hybridized carbons (Fsp3) is 0.417. The van der Waals surface area contributed by atoms with Crippen molar-refractivity contribution in [1.82, 2.24) is 25.8 Å². The van der Waals surface area contributed by atoms with E-state index in [0.717, 1.165) is 36.8 Å². The zero-order valence-corrected chi connectivity index (χ0v) is 18.6. The van der Waals surface area contributed by atoms with Crippen LogP contribution in [0.2, 0.25) is 0 Å². The summed E-state index contributed by atoms with van der Waals surface area (Å²) in [7, 11) is 0. The number of carbonyl (C=O) groups is 2. The molecule has 8 heteroatoms. The Morgan fingerprint density at radius 1 is 1.12 bits per heavy atom. The molecule has 0 bridgehead atoms. The molecule has 0 spiro atoms. The summed E-state index contributed by atoms with van der Waals surface area (Å²) in [6.45, 7) is 6.10. The Morgan fingerprint density at radius 3 is 2.59 bits per heavy atom. The molecule has 3 N–H and O–H groups in total. The van der Waals surface area contributed by atoms with Gasteiger partial charge < -0.3 is 15.1 Å². The van der Waals surface area contributed by atoms with Crippen molar-refractivity contribution in [2.75, 3.05) is 0 Å². The van der Waals surface area contributed by atoms with E-state index in [-0.39, 0.29) is 29.7 Å². The highest BCUT2D eigenvalue weighted by Gasteiger charge is 2.29. The van der Waals surface area contributed by atoms with Crippen molar-refractivity contribution >= 4 is 11.8 Å². The number of amides is 2. The van der Waals surface area contributed by atoms with Gasteiger partial charge in [-0.2, -0.15) is 5.10 Å². The Hall–Kier alpha value is -3.42. The Morgan fingerprint density at radius 2 is 1.88 bits per heavy atom. The molecule has 0 saturated heterocycles. The maximum atomic E-state index is 12.4. The summed E-state index contributed by atoms with van der Waals surface area (Å²) in [5.41, 5.74) is 2.59. The van der Waals surface area contributed by atoms with Gasteiger partial charge in [-0.15, -0.1) is 0 Å². The normalized spacial score (nSPS) is 14.4. The van der Waals surface area contributed by atoms with E-state index in [1.807, 2.05) is 45.0 Å². The van der Waals surface area contributed by atoms with Crippen LogP contribution in [0, 0.1) is 5.92 Å². The van der Waals surface area contributed by atoms with Gasteiger partial charge in [-0.3, -0.25) is 14.7 Å². The molecule has 1 aliphatic rings. The molecular formula is C24H29N5O3. The van der Waals surface area contributed by atoms with Gasteiger partial charge in [0.05, 0.1) is 11.9 Å². The number of hydrogen-bond donors (Lipinski definition) is 3. The van der Waals surface area contributed by atoms with Gasteiger partial charge in [-0.25, -0.2) is 4.98 Å². The third kappa shape index (κ3) is 4.90. The van der Waals surface area contributed by atoms with Crippen molar-refractivity contribution in [3.8, 4) is 22.7 Å². The highest BCUT2D eigenvalue weighted by molar-refractivity contribution is 5.93. The maximum absolute atomic E-state index is 12.4. The second-order valence-corrected chi connectivity index (χ2v) is 8.36. The lowest BCUT2D eigenvalue weighted by Crippen LogP contribution is -2.33. The number of rotatable bonds is 9. The fourth-order valence-electron chi connectivity index (χ4n) is 3.66. The third-order valence-corrected chi connectivity index (χ3v) is 5.97. The Labute approximate surface area is 187 Å². The second kappa shape index (κ2) is 9.38. The molecule has 0 aliphatic heterocycles. The summed E-state index contributed by atoms with van der Waals surface area (Å²) in [4.78, 5) is 29.1. The molecule has 1 aromatic carbocycles. The van der Waals surface area contributed by atoms with Crippen molar-refractivity contribution in [3.05, 3.63) is 48.0 Å². The van der Waals surface area contributed by atoms with E-state index in [4.69, 9.17) is 4.42 Å². The first-order valence-electron chi connectivity index (χ1n) is 11.2. The number of hydrogen-bond acceptors (Lipinski definition) is 5. The van der Waals surface area contributed by atoms with Crippen LogP contribution in [0.3, 0.4) is 0 Å². The van der Waals surface area contributed by atoms with E-state index in [1.165, 1.54) is 6.20 Å². The van der Waals surface area contributed by atoms with Crippen molar-refractivity contribution in [2.45, 2.75) is 58.5 Å². The Kier molecular flexibility index (Phi) is 6.39. The van der Waals surface area contributed by atoms with Gasteiger partial charge in [0.25, 0.3) is 11.8 Å². The van der Waals surface area contributed by atoms with Crippen molar-refractivity contribution in [2.24, 2.45) is 5.92 Å². The second-order valence-electron chi connectivity index (χ2n) is 8.36. The summed E-state index contributed by atoms with van der Waals surface area (Å²) in [5.74, 6) is 0.696. The predicted molar refractivity (Wildman–Crippen MR) is 121 cm³/mol. The molecule has 168 valence electrons. The predicted octanol–water partition coefficient (Wildman–Crippen LogP) is 4.18. The summed E-state index contributed by atoms with van der Waals surface area (Å²) >= 11 is 0. The monoisotopic (exact) mass is 435 g/mol. The number of nitrogens with one attached hydrogen (secondary N) is 3. The van der Waals surface area contributed by atoms with Gasteiger partial charge in [-0.1, -0.05) is 26.0 Å². The van der Waals surface area contributed by atoms with Crippen LogP contribution in [0.4, 0.5) is 0 Å². The number of aromatic nitrogens is 3. The van der Waals surface area contributed by atoms with Crippen LogP contribution in [0.15, 0.2) is 40.9 Å². The number of carbonyl (C=O) groups excluding carboxylic acids is 2. The van der Waals surface area contributed by atoms with Crippen LogP contribution in [-0.4, -0.2) is 39.1 Å². The Balaban J connectivity index is 1.47. The van der Waals surface area contributed by atoms with E-state index in [0.29, 0.717) is 23.2 Å². The molecule has 3 aromatic rings. The first-order chi connectivity index (χ1) is 15.5. The van der Waals surface area contributed by atoms with Crippen LogP contribution in [0.25, 0.3) is 22.7 Å². The first kappa shape index (κ1) is 21.8. The third-order valence-electron chi connectivity index (χ3n) is 5.97. The number of H-pyrrole nitrogens is 1. The molecule has 2 aromatic heterocycles. The lowest BCUT2D eigenvalue weighted by Gasteiger charge is -2.13. The molecule has 32 heavy (non-hydrogen) atoms. The Bertz CT molecular complexity index is 1030. The molecule has 1 unspecified atom stereocenters. The summed E-state index contributed by atoms with van der Waals surface area (Å²) in [5, 5.41) is 13.1. The highest BCUT2D eigenvalue weighted by atomic mass is 16.4. The highest BCUT2D eigenvalue weighted by Crippen LogP contribution is 2.32. The zero-order valence-electron chi connectivity index (χ0n) is 18.6. The van der Waals surface area contributed by atoms with Gasteiger partial charge in [0.2, 0.25) is 11.7 Å². The maximum Gasteiger partial charge on any atom is 0.288 e. The van der Waals surface area contributed by atoms with E-state index < -0.39 is 0 Å². The van der Waals surface area contributed by atoms with Crippen molar-refractivity contribution in [1.29, 1.82) is 0 Å². The molecule has 0 radical (unpaired) electrons. The topological polar surface area (TPSA) is 113 Å². The number of oxazole rings is 1. The lowest BCUT2D eigenvalue weighted by molar-refractivity contribution is 0.0906. The van der Waals surface area contributed by atoms with E-state index in [2.05, 4.69) is 25.8 Å². The molecule has 2 amide bonds. The fourth-order valence-corrected chi connectivity index (χ4v) is 3.66. The average Bonchev–Trinajstić information content (AvgIpc) is 3.33. The summed E-state index contributed by atoms with van der Waals surface area (Å²) in [6.07, 6.45) is 5.52. The molecule has 1 aliphatic carbocycles. The van der Waals surface area contributed by atoms with E-state index in [9.17, 15) is 9.59 Å². The molecule has 4 rings (SSSR count). The van der Waals surface area contributed by atoms with Gasteiger partial charge in [0.1, 0.15) is 5.69 Å². The SMILES string of the molecule is CCC(CC)NC(=O)c1cc(-c2cccc(-c3ncc(C(=O)NC(C)C4CC4)o3)c2)n[nH]1. The average molecular weight is 436 g/mol. The summed E-state index contributed by atoms with van der Waals surface area (Å²) in [6, 6.07) is 9.50. The number of aromatic amines is 1. The van der Waals surface area contributed by atoms with Crippen LogP contribution in [0.5, 0.6) is 0 Å². The minimum absolute atomic E-state index is 0.135. The molecule has 8 nitrogen and oxygen atoms in total. The number of nitrogens with zero attached hydrogens (tertiary/aromatic N) is 2. The van der Waals surface area contributed by atoms with Crippen molar-refractivity contribution in [3.63, 3.8) is 0 Å². The smallest absolute Gasteiger partial charge is 0.288 e. The van der Waals surface area contributed by atoms with E-state index in [1.54, 1.807) is 6.07 Å². The number of benzene rings is 1.